The highest BCUT2D eigenvalue weighted by Crippen LogP contribution is 2.03. The van der Waals surface area contributed by atoms with Crippen molar-refractivity contribution < 1.29 is 4.74 Å². The lowest BCUT2D eigenvalue weighted by Gasteiger charge is -2.33. The molecule has 2 rings (SSSR count). The summed E-state index contributed by atoms with van der Waals surface area (Å²) in [6.45, 7) is 8.18. The van der Waals surface area contributed by atoms with Crippen molar-refractivity contribution in [2.75, 3.05) is 32.8 Å². The van der Waals surface area contributed by atoms with Gasteiger partial charge in [-0.2, -0.15) is 0 Å². The maximum Gasteiger partial charge on any atom is 0.0717 e. The van der Waals surface area contributed by atoms with Gasteiger partial charge in [0.1, 0.15) is 0 Å². The van der Waals surface area contributed by atoms with E-state index in [1.54, 1.807) is 0 Å². The van der Waals surface area contributed by atoms with Crippen molar-refractivity contribution in [3.8, 4) is 0 Å². The summed E-state index contributed by atoms with van der Waals surface area (Å²) in [6, 6.07) is 11.0. The molecule has 0 amide bonds. The molecule has 0 unspecified atom stereocenters. The van der Waals surface area contributed by atoms with Crippen molar-refractivity contribution in [1.82, 2.24) is 10.2 Å². The molecule has 0 aliphatic carbocycles. The van der Waals surface area contributed by atoms with Crippen LogP contribution in [0.3, 0.4) is 0 Å². The number of benzene rings is 1. The first-order valence-corrected chi connectivity index (χ1v) is 6.42. The monoisotopic (exact) mass is 234 g/mol. The molecule has 1 aromatic rings. The third-order valence-corrected chi connectivity index (χ3v) is 3.27. The number of rotatable bonds is 5. The smallest absolute Gasteiger partial charge is 0.0717 e. The van der Waals surface area contributed by atoms with Crippen LogP contribution in [-0.4, -0.2) is 43.7 Å². The fraction of sp³-hybridized carbons (Fsp3) is 0.571. The van der Waals surface area contributed by atoms with Gasteiger partial charge in [0.05, 0.1) is 13.2 Å². The fourth-order valence-corrected chi connectivity index (χ4v) is 2.16. The van der Waals surface area contributed by atoms with Crippen LogP contribution in [0.25, 0.3) is 0 Å². The molecule has 0 saturated carbocycles. The second kappa shape index (κ2) is 6.74. The predicted molar refractivity (Wildman–Crippen MR) is 70.0 cm³/mol. The second-order valence-corrected chi connectivity index (χ2v) is 4.63. The lowest BCUT2D eigenvalue weighted by atomic mass is 10.2. The quantitative estimate of drug-likeness (QED) is 0.781. The molecular weight excluding hydrogens is 212 g/mol. The molecule has 94 valence electrons. The summed E-state index contributed by atoms with van der Waals surface area (Å²) in [6.07, 6.45) is 0. The zero-order chi connectivity index (χ0) is 11.9. The van der Waals surface area contributed by atoms with E-state index in [1.807, 2.05) is 6.07 Å². The molecular formula is C14H22N2O. The second-order valence-electron chi connectivity index (χ2n) is 4.63. The van der Waals surface area contributed by atoms with Crippen LogP contribution in [0.15, 0.2) is 30.3 Å². The number of hydrogen-bond donors (Lipinski definition) is 1. The molecule has 1 saturated heterocycles. The molecule has 3 heteroatoms. The molecule has 1 aliphatic rings. The van der Waals surface area contributed by atoms with Crippen LogP contribution < -0.4 is 5.32 Å². The Kier molecular flexibility index (Phi) is 4.98. The van der Waals surface area contributed by atoms with Crippen LogP contribution in [0.5, 0.6) is 0 Å². The van der Waals surface area contributed by atoms with Crippen molar-refractivity contribution in [2.24, 2.45) is 0 Å². The first-order valence-electron chi connectivity index (χ1n) is 6.42. The first kappa shape index (κ1) is 12.6. The molecule has 1 aromatic carbocycles. The van der Waals surface area contributed by atoms with Crippen LogP contribution in [-0.2, 0) is 11.3 Å². The molecule has 0 spiro atoms. The zero-order valence-electron chi connectivity index (χ0n) is 10.6. The Morgan fingerprint density at radius 1 is 1.35 bits per heavy atom. The topological polar surface area (TPSA) is 24.5 Å². The highest BCUT2D eigenvalue weighted by Gasteiger charge is 2.16. The van der Waals surface area contributed by atoms with E-state index in [1.165, 1.54) is 5.56 Å². The van der Waals surface area contributed by atoms with Crippen LogP contribution in [0.2, 0.25) is 0 Å². The van der Waals surface area contributed by atoms with Crippen molar-refractivity contribution >= 4 is 0 Å². The van der Waals surface area contributed by atoms with Gasteiger partial charge >= 0.3 is 0 Å². The SMILES string of the molecule is C[C@H]1CNCCN1CCOCc1ccccc1. The summed E-state index contributed by atoms with van der Waals surface area (Å²) in [5.74, 6) is 0. The lowest BCUT2D eigenvalue weighted by molar-refractivity contribution is 0.0726. The molecule has 1 N–H and O–H groups in total. The Hall–Kier alpha value is -0.900. The van der Waals surface area contributed by atoms with Gasteiger partial charge in [-0.3, -0.25) is 4.90 Å². The lowest BCUT2D eigenvalue weighted by Crippen LogP contribution is -2.50. The Bertz CT molecular complexity index is 315. The van der Waals surface area contributed by atoms with Crippen LogP contribution >= 0.6 is 0 Å². The maximum atomic E-state index is 5.71. The van der Waals surface area contributed by atoms with E-state index in [0.29, 0.717) is 6.04 Å². The first-order chi connectivity index (χ1) is 8.36. The van der Waals surface area contributed by atoms with Gasteiger partial charge < -0.3 is 10.1 Å². The molecule has 0 radical (unpaired) electrons. The van der Waals surface area contributed by atoms with E-state index in [0.717, 1.165) is 39.4 Å². The Morgan fingerprint density at radius 3 is 2.94 bits per heavy atom. The average molecular weight is 234 g/mol. The number of hydrogen-bond acceptors (Lipinski definition) is 3. The standard InChI is InChI=1S/C14H22N2O/c1-13-11-15-7-8-16(13)9-10-17-12-14-5-3-2-4-6-14/h2-6,13,15H,7-12H2,1H3/t13-/m0/s1. The highest BCUT2D eigenvalue weighted by molar-refractivity contribution is 5.13. The molecule has 3 nitrogen and oxygen atoms in total. The van der Waals surface area contributed by atoms with Crippen molar-refractivity contribution in [2.45, 2.75) is 19.6 Å². The summed E-state index contributed by atoms with van der Waals surface area (Å²) in [4.78, 5) is 2.49. The van der Waals surface area contributed by atoms with Crippen molar-refractivity contribution in [1.29, 1.82) is 0 Å². The van der Waals surface area contributed by atoms with E-state index in [9.17, 15) is 0 Å². The van der Waals surface area contributed by atoms with Gasteiger partial charge in [0.15, 0.2) is 0 Å². The number of piperazine rings is 1. The van der Waals surface area contributed by atoms with Crippen molar-refractivity contribution in [3.05, 3.63) is 35.9 Å². The number of ether oxygens (including phenoxy) is 1. The van der Waals surface area contributed by atoms with Crippen LogP contribution in [0.1, 0.15) is 12.5 Å². The van der Waals surface area contributed by atoms with E-state index in [-0.39, 0.29) is 0 Å². The summed E-state index contributed by atoms with van der Waals surface area (Å²) in [5.41, 5.74) is 1.25. The van der Waals surface area contributed by atoms with Gasteiger partial charge in [0, 0.05) is 32.2 Å². The Balaban J connectivity index is 1.63. The van der Waals surface area contributed by atoms with E-state index >= 15 is 0 Å². The third kappa shape index (κ3) is 4.11. The van der Waals surface area contributed by atoms with Crippen LogP contribution in [0, 0.1) is 0 Å². The molecule has 0 aromatic heterocycles. The van der Waals surface area contributed by atoms with Crippen molar-refractivity contribution in [3.63, 3.8) is 0 Å². The largest absolute Gasteiger partial charge is 0.375 e. The van der Waals surface area contributed by atoms with E-state index in [2.05, 4.69) is 41.4 Å². The Morgan fingerprint density at radius 2 is 2.18 bits per heavy atom. The van der Waals surface area contributed by atoms with Gasteiger partial charge in [-0.1, -0.05) is 30.3 Å². The highest BCUT2D eigenvalue weighted by atomic mass is 16.5. The van der Waals surface area contributed by atoms with Crippen LogP contribution in [0.4, 0.5) is 0 Å². The minimum Gasteiger partial charge on any atom is -0.375 e. The molecule has 0 bridgehead atoms. The third-order valence-electron chi connectivity index (χ3n) is 3.27. The summed E-state index contributed by atoms with van der Waals surface area (Å²) >= 11 is 0. The molecule has 1 fully saturated rings. The van der Waals surface area contributed by atoms with E-state index in [4.69, 9.17) is 4.74 Å². The van der Waals surface area contributed by atoms with E-state index < -0.39 is 0 Å². The van der Waals surface area contributed by atoms with Gasteiger partial charge in [-0.05, 0) is 12.5 Å². The summed E-state index contributed by atoms with van der Waals surface area (Å²) in [7, 11) is 0. The Labute approximate surface area is 104 Å². The van der Waals surface area contributed by atoms with Gasteiger partial charge in [0.2, 0.25) is 0 Å². The normalized spacial score (nSPS) is 21.6. The summed E-state index contributed by atoms with van der Waals surface area (Å²) in [5, 5.41) is 3.40. The average Bonchev–Trinajstić information content (AvgIpc) is 2.38. The molecule has 17 heavy (non-hydrogen) atoms. The molecule has 1 aliphatic heterocycles. The zero-order valence-corrected chi connectivity index (χ0v) is 10.6. The predicted octanol–water partition coefficient (Wildman–Crippen LogP) is 1.50. The fourth-order valence-electron chi connectivity index (χ4n) is 2.16. The van der Waals surface area contributed by atoms with Gasteiger partial charge in [-0.15, -0.1) is 0 Å². The molecule has 1 heterocycles. The minimum absolute atomic E-state index is 0.629. The minimum atomic E-state index is 0.629. The van der Waals surface area contributed by atoms with Gasteiger partial charge in [0.25, 0.3) is 0 Å². The number of nitrogens with one attached hydrogen (secondary N) is 1. The number of nitrogens with zero attached hydrogens (tertiary/aromatic N) is 1. The molecule has 1 atom stereocenters. The maximum absolute atomic E-state index is 5.71. The summed E-state index contributed by atoms with van der Waals surface area (Å²) < 4.78 is 5.71. The van der Waals surface area contributed by atoms with Gasteiger partial charge in [-0.25, -0.2) is 0 Å².